The number of thiophene rings is 1. The molecular weight excluding hydrogens is 306 g/mol. The van der Waals surface area contributed by atoms with Crippen LogP contribution >= 0.6 is 22.9 Å². The van der Waals surface area contributed by atoms with Crippen molar-refractivity contribution >= 4 is 49.0 Å². The zero-order chi connectivity index (χ0) is 14.2. The number of aryl methyl sites for hydroxylation is 1. The molecule has 0 aliphatic heterocycles. The van der Waals surface area contributed by atoms with E-state index in [1.54, 1.807) is 0 Å². The first kappa shape index (κ1) is 14.3. The first-order valence-corrected chi connectivity index (χ1v) is 8.63. The highest BCUT2D eigenvalue weighted by atomic mass is 35.5. The van der Waals surface area contributed by atoms with Crippen LogP contribution in [-0.4, -0.2) is 20.6 Å². The Labute approximate surface area is 120 Å². The fourth-order valence-electron chi connectivity index (χ4n) is 1.69. The van der Waals surface area contributed by atoms with E-state index in [1.807, 2.05) is 29.8 Å². The Bertz CT molecular complexity index is 750. The van der Waals surface area contributed by atoms with Crippen LogP contribution in [0.1, 0.15) is 22.2 Å². The van der Waals surface area contributed by atoms with Crippen LogP contribution in [0.4, 0.5) is 0 Å². The second kappa shape index (κ2) is 5.11. The van der Waals surface area contributed by atoms with Crippen LogP contribution in [0, 0.1) is 0 Å². The number of amides is 1. The SMILES string of the molecule is CCc1ccc2c(Cl)c(C(=O)NS(C)(=O)=O)sc2c1. The molecule has 0 fully saturated rings. The van der Waals surface area contributed by atoms with Gasteiger partial charge in [0.1, 0.15) is 4.88 Å². The summed E-state index contributed by atoms with van der Waals surface area (Å²) in [7, 11) is -3.59. The second-order valence-electron chi connectivity index (χ2n) is 4.13. The molecule has 7 heteroatoms. The molecule has 1 amide bonds. The molecular formula is C12H12ClNO3S2. The Morgan fingerprint density at radius 2 is 2.11 bits per heavy atom. The van der Waals surface area contributed by atoms with Crippen molar-refractivity contribution in [2.24, 2.45) is 0 Å². The lowest BCUT2D eigenvalue weighted by Crippen LogP contribution is -2.28. The first-order chi connectivity index (χ1) is 8.81. The molecule has 2 aromatic rings. The third-order valence-corrected chi connectivity index (χ3v) is 4.80. The number of fused-ring (bicyclic) bond motifs is 1. The smallest absolute Gasteiger partial charge is 0.267 e. The third kappa shape index (κ3) is 3.08. The maximum absolute atomic E-state index is 11.8. The molecule has 0 saturated carbocycles. The predicted octanol–water partition coefficient (Wildman–Crippen LogP) is 2.81. The number of nitrogens with one attached hydrogen (secondary N) is 1. The molecule has 19 heavy (non-hydrogen) atoms. The van der Waals surface area contributed by atoms with Gasteiger partial charge in [-0.25, -0.2) is 13.1 Å². The molecule has 0 saturated heterocycles. The standard InChI is InChI=1S/C12H12ClNO3S2/c1-3-7-4-5-8-9(6-7)18-11(10(8)13)12(15)14-19(2,16)17/h4-6H,3H2,1-2H3,(H,14,15). The summed E-state index contributed by atoms with van der Waals surface area (Å²) in [5.74, 6) is -0.688. The van der Waals surface area contributed by atoms with Gasteiger partial charge >= 0.3 is 0 Å². The van der Waals surface area contributed by atoms with Gasteiger partial charge < -0.3 is 0 Å². The fraction of sp³-hybridized carbons (Fsp3) is 0.250. The zero-order valence-corrected chi connectivity index (χ0v) is 12.7. The quantitative estimate of drug-likeness (QED) is 0.946. The summed E-state index contributed by atoms with van der Waals surface area (Å²) in [6.45, 7) is 2.04. The Hall–Kier alpha value is -1.11. The fourth-order valence-corrected chi connectivity index (χ4v) is 3.67. The van der Waals surface area contributed by atoms with Gasteiger partial charge in [0, 0.05) is 10.1 Å². The van der Waals surface area contributed by atoms with Crippen molar-refractivity contribution in [1.29, 1.82) is 0 Å². The summed E-state index contributed by atoms with van der Waals surface area (Å²) in [6.07, 6.45) is 1.82. The maximum atomic E-state index is 11.8. The molecule has 102 valence electrons. The van der Waals surface area contributed by atoms with Crippen LogP contribution in [0.5, 0.6) is 0 Å². The number of rotatable bonds is 3. The summed E-state index contributed by atoms with van der Waals surface area (Å²) < 4.78 is 24.9. The Balaban J connectivity index is 2.50. The van der Waals surface area contributed by atoms with Crippen molar-refractivity contribution in [3.05, 3.63) is 33.7 Å². The largest absolute Gasteiger partial charge is 0.276 e. The van der Waals surface area contributed by atoms with E-state index in [0.29, 0.717) is 5.02 Å². The lowest BCUT2D eigenvalue weighted by Gasteiger charge is -1.99. The summed E-state index contributed by atoms with van der Waals surface area (Å²) in [4.78, 5) is 12.1. The highest BCUT2D eigenvalue weighted by molar-refractivity contribution is 7.89. The summed E-state index contributed by atoms with van der Waals surface area (Å²) in [5, 5.41) is 1.06. The summed E-state index contributed by atoms with van der Waals surface area (Å²) in [6, 6.07) is 5.76. The molecule has 0 aliphatic carbocycles. The summed E-state index contributed by atoms with van der Waals surface area (Å²) >= 11 is 7.32. The van der Waals surface area contributed by atoms with E-state index in [9.17, 15) is 13.2 Å². The van der Waals surface area contributed by atoms with Gasteiger partial charge in [0.25, 0.3) is 5.91 Å². The molecule has 0 aliphatic rings. The minimum absolute atomic E-state index is 0.218. The molecule has 0 spiro atoms. The normalized spacial score (nSPS) is 11.7. The molecule has 2 rings (SSSR count). The van der Waals surface area contributed by atoms with Crippen LogP contribution in [0.3, 0.4) is 0 Å². The van der Waals surface area contributed by atoms with Crippen LogP contribution in [0.25, 0.3) is 10.1 Å². The number of carbonyl (C=O) groups is 1. The minimum Gasteiger partial charge on any atom is -0.267 e. The molecule has 1 heterocycles. The van der Waals surface area contributed by atoms with Gasteiger partial charge in [0.05, 0.1) is 11.3 Å². The maximum Gasteiger partial charge on any atom is 0.276 e. The molecule has 1 aromatic carbocycles. The van der Waals surface area contributed by atoms with Gasteiger partial charge in [0.15, 0.2) is 0 Å². The van der Waals surface area contributed by atoms with Gasteiger partial charge in [-0.15, -0.1) is 11.3 Å². The van der Waals surface area contributed by atoms with E-state index < -0.39 is 15.9 Å². The van der Waals surface area contributed by atoms with Crippen LogP contribution in [-0.2, 0) is 16.4 Å². The van der Waals surface area contributed by atoms with E-state index >= 15 is 0 Å². The van der Waals surface area contributed by atoms with Crippen molar-refractivity contribution in [2.75, 3.05) is 6.26 Å². The van der Waals surface area contributed by atoms with Gasteiger partial charge in [-0.1, -0.05) is 30.7 Å². The number of hydrogen-bond acceptors (Lipinski definition) is 4. The predicted molar refractivity (Wildman–Crippen MR) is 78.5 cm³/mol. The Kier molecular flexibility index (Phi) is 3.85. The molecule has 0 unspecified atom stereocenters. The summed E-state index contributed by atoms with van der Waals surface area (Å²) in [5.41, 5.74) is 1.14. The molecule has 1 N–H and O–H groups in total. The van der Waals surface area contributed by atoms with Gasteiger partial charge in [-0.05, 0) is 18.1 Å². The number of carbonyl (C=O) groups excluding carboxylic acids is 1. The highest BCUT2D eigenvalue weighted by Gasteiger charge is 2.19. The van der Waals surface area contributed by atoms with Gasteiger partial charge in [-0.2, -0.15) is 0 Å². The molecule has 0 radical (unpaired) electrons. The molecule has 1 aromatic heterocycles. The van der Waals surface area contributed by atoms with E-state index in [2.05, 4.69) is 0 Å². The van der Waals surface area contributed by atoms with Crippen LogP contribution in [0.15, 0.2) is 18.2 Å². The highest BCUT2D eigenvalue weighted by Crippen LogP contribution is 2.35. The van der Waals surface area contributed by atoms with Crippen LogP contribution < -0.4 is 4.72 Å². The van der Waals surface area contributed by atoms with Gasteiger partial charge in [0.2, 0.25) is 10.0 Å². The van der Waals surface area contributed by atoms with E-state index in [0.717, 1.165) is 28.3 Å². The first-order valence-electron chi connectivity index (χ1n) is 5.55. The topological polar surface area (TPSA) is 63.2 Å². The van der Waals surface area contributed by atoms with Crippen molar-refractivity contribution in [2.45, 2.75) is 13.3 Å². The van der Waals surface area contributed by atoms with E-state index in [4.69, 9.17) is 11.6 Å². The zero-order valence-electron chi connectivity index (χ0n) is 10.4. The minimum atomic E-state index is -3.59. The number of sulfonamides is 1. The average Bonchev–Trinajstić information content (AvgIpc) is 2.64. The van der Waals surface area contributed by atoms with Gasteiger partial charge in [-0.3, -0.25) is 4.79 Å². The molecule has 0 bridgehead atoms. The van der Waals surface area contributed by atoms with E-state index in [-0.39, 0.29) is 4.88 Å². The molecule has 4 nitrogen and oxygen atoms in total. The van der Waals surface area contributed by atoms with Crippen molar-refractivity contribution in [3.63, 3.8) is 0 Å². The average molecular weight is 318 g/mol. The lowest BCUT2D eigenvalue weighted by atomic mass is 10.1. The molecule has 0 atom stereocenters. The number of halogens is 1. The monoisotopic (exact) mass is 317 g/mol. The van der Waals surface area contributed by atoms with Crippen molar-refractivity contribution in [3.8, 4) is 0 Å². The Morgan fingerprint density at radius 1 is 1.42 bits per heavy atom. The van der Waals surface area contributed by atoms with Crippen molar-refractivity contribution < 1.29 is 13.2 Å². The van der Waals surface area contributed by atoms with Crippen LogP contribution in [0.2, 0.25) is 5.02 Å². The lowest BCUT2D eigenvalue weighted by molar-refractivity contribution is 0.0986. The third-order valence-electron chi connectivity index (χ3n) is 2.59. The number of hydrogen-bond donors (Lipinski definition) is 1. The number of benzene rings is 1. The Morgan fingerprint density at radius 3 is 2.68 bits per heavy atom. The van der Waals surface area contributed by atoms with Crippen molar-refractivity contribution in [1.82, 2.24) is 4.72 Å². The second-order valence-corrected chi connectivity index (χ2v) is 7.31. The van der Waals surface area contributed by atoms with E-state index in [1.165, 1.54) is 11.3 Å².